The second-order valence-electron chi connectivity index (χ2n) is 7.52. The molecule has 0 radical (unpaired) electrons. The van der Waals surface area contributed by atoms with E-state index in [-0.39, 0.29) is 16.4 Å². The van der Waals surface area contributed by atoms with E-state index >= 15 is 0 Å². The standard InChI is InChI=1S/C23H24N4O5S/c1-16(2)15-32-23(29)26-20-5-3-4-19(14-20)25-22(28)17-6-8-21(9-7-17)33(30,31)27-18-10-12-24-13-11-18/h3-14,16H,15H2,1-2H3,(H,24,27)(H,25,28)(H,26,29). The summed E-state index contributed by atoms with van der Waals surface area (Å²) < 4.78 is 32.5. The summed E-state index contributed by atoms with van der Waals surface area (Å²) in [5, 5.41) is 5.32. The fourth-order valence-electron chi connectivity index (χ4n) is 2.69. The largest absolute Gasteiger partial charge is 0.449 e. The van der Waals surface area contributed by atoms with Crippen molar-refractivity contribution in [1.82, 2.24) is 4.98 Å². The second-order valence-corrected chi connectivity index (χ2v) is 9.20. The van der Waals surface area contributed by atoms with Crippen LogP contribution in [0.15, 0.2) is 78.0 Å². The van der Waals surface area contributed by atoms with Gasteiger partial charge >= 0.3 is 6.09 Å². The van der Waals surface area contributed by atoms with Gasteiger partial charge in [-0.05, 0) is 60.5 Å². The van der Waals surface area contributed by atoms with Gasteiger partial charge in [0.25, 0.3) is 15.9 Å². The van der Waals surface area contributed by atoms with Crippen molar-refractivity contribution in [3.63, 3.8) is 0 Å². The zero-order valence-electron chi connectivity index (χ0n) is 18.1. The van der Waals surface area contributed by atoms with Crippen molar-refractivity contribution < 1.29 is 22.7 Å². The van der Waals surface area contributed by atoms with Crippen molar-refractivity contribution in [1.29, 1.82) is 0 Å². The van der Waals surface area contributed by atoms with Crippen LogP contribution in [0.2, 0.25) is 0 Å². The fraction of sp³-hybridized carbons (Fsp3) is 0.174. The van der Waals surface area contributed by atoms with E-state index in [1.807, 2.05) is 13.8 Å². The Morgan fingerprint density at radius 3 is 2.18 bits per heavy atom. The molecule has 2 aromatic carbocycles. The first-order valence-corrected chi connectivity index (χ1v) is 11.6. The zero-order valence-corrected chi connectivity index (χ0v) is 18.9. The van der Waals surface area contributed by atoms with E-state index < -0.39 is 22.0 Å². The summed E-state index contributed by atoms with van der Waals surface area (Å²) in [5.74, 6) is -0.213. The van der Waals surface area contributed by atoms with E-state index in [0.717, 1.165) is 0 Å². The quantitative estimate of drug-likeness (QED) is 0.451. The number of pyridine rings is 1. The third kappa shape index (κ3) is 7.04. The van der Waals surface area contributed by atoms with Gasteiger partial charge in [0.1, 0.15) is 0 Å². The molecule has 0 bridgehead atoms. The number of carbonyl (C=O) groups excluding carboxylic acids is 2. The number of ether oxygens (including phenoxy) is 1. The summed E-state index contributed by atoms with van der Waals surface area (Å²) in [5.41, 5.74) is 1.57. The van der Waals surface area contributed by atoms with Gasteiger partial charge in [0.05, 0.1) is 17.2 Å². The molecule has 1 heterocycles. The zero-order chi connectivity index (χ0) is 23.8. The van der Waals surface area contributed by atoms with E-state index in [0.29, 0.717) is 23.7 Å². The summed E-state index contributed by atoms with van der Waals surface area (Å²) in [4.78, 5) is 28.3. The normalized spacial score (nSPS) is 11.0. The van der Waals surface area contributed by atoms with Gasteiger partial charge in [-0.15, -0.1) is 0 Å². The average molecular weight is 469 g/mol. The number of nitrogens with zero attached hydrogens (tertiary/aromatic N) is 1. The molecule has 0 aliphatic rings. The lowest BCUT2D eigenvalue weighted by Crippen LogP contribution is -2.17. The minimum absolute atomic E-state index is 0.0157. The maximum atomic E-state index is 12.6. The second kappa shape index (κ2) is 10.6. The molecule has 0 saturated heterocycles. The van der Waals surface area contributed by atoms with Gasteiger partial charge in [-0.1, -0.05) is 19.9 Å². The Labute approximate surface area is 192 Å². The van der Waals surface area contributed by atoms with E-state index in [1.54, 1.807) is 24.3 Å². The molecule has 3 aromatic rings. The summed E-state index contributed by atoms with van der Waals surface area (Å²) in [7, 11) is -3.80. The van der Waals surface area contributed by atoms with Gasteiger partial charge < -0.3 is 10.1 Å². The van der Waals surface area contributed by atoms with Crippen LogP contribution in [-0.4, -0.2) is 32.0 Å². The number of rotatable bonds is 8. The van der Waals surface area contributed by atoms with Crippen LogP contribution in [0.25, 0.3) is 0 Å². The Morgan fingerprint density at radius 1 is 0.909 bits per heavy atom. The lowest BCUT2D eigenvalue weighted by Gasteiger charge is -2.11. The molecule has 3 rings (SSSR count). The number of hydrogen-bond donors (Lipinski definition) is 3. The fourth-order valence-corrected chi connectivity index (χ4v) is 3.75. The van der Waals surface area contributed by atoms with Crippen LogP contribution in [0.1, 0.15) is 24.2 Å². The number of nitrogens with one attached hydrogen (secondary N) is 3. The third-order valence-electron chi connectivity index (χ3n) is 4.27. The van der Waals surface area contributed by atoms with Gasteiger partial charge in [-0.3, -0.25) is 19.8 Å². The van der Waals surface area contributed by atoms with Crippen LogP contribution in [0.4, 0.5) is 21.9 Å². The summed E-state index contributed by atoms with van der Waals surface area (Å²) in [6.45, 7) is 4.16. The average Bonchev–Trinajstić information content (AvgIpc) is 2.78. The Kier molecular flexibility index (Phi) is 7.62. The first-order valence-electron chi connectivity index (χ1n) is 10.1. The van der Waals surface area contributed by atoms with Crippen molar-refractivity contribution in [2.75, 3.05) is 22.0 Å². The number of carbonyl (C=O) groups is 2. The predicted molar refractivity (Wildman–Crippen MR) is 126 cm³/mol. The van der Waals surface area contributed by atoms with E-state index in [1.165, 1.54) is 48.8 Å². The molecule has 172 valence electrons. The summed E-state index contributed by atoms with van der Waals surface area (Å²) in [6.07, 6.45) is 2.37. The maximum Gasteiger partial charge on any atom is 0.411 e. The molecule has 0 aliphatic carbocycles. The molecule has 2 amide bonds. The molecule has 0 aliphatic heterocycles. The van der Waals surface area contributed by atoms with E-state index in [4.69, 9.17) is 4.74 Å². The van der Waals surface area contributed by atoms with Crippen molar-refractivity contribution >= 4 is 39.1 Å². The van der Waals surface area contributed by atoms with Gasteiger partial charge in [0.2, 0.25) is 0 Å². The van der Waals surface area contributed by atoms with Gasteiger partial charge in [-0.25, -0.2) is 13.2 Å². The van der Waals surface area contributed by atoms with Crippen LogP contribution < -0.4 is 15.4 Å². The molecular formula is C23H24N4O5S. The number of hydrogen-bond acceptors (Lipinski definition) is 6. The Hall–Kier alpha value is -3.92. The number of amides is 2. The van der Waals surface area contributed by atoms with Crippen LogP contribution in [-0.2, 0) is 14.8 Å². The van der Waals surface area contributed by atoms with Crippen LogP contribution in [0.5, 0.6) is 0 Å². The van der Waals surface area contributed by atoms with Gasteiger partial charge in [-0.2, -0.15) is 0 Å². The van der Waals surface area contributed by atoms with Gasteiger partial charge in [0, 0.05) is 29.3 Å². The lowest BCUT2D eigenvalue weighted by molar-refractivity contribution is 0.102. The van der Waals surface area contributed by atoms with Crippen molar-refractivity contribution in [3.8, 4) is 0 Å². The molecule has 0 unspecified atom stereocenters. The van der Waals surface area contributed by atoms with E-state index in [9.17, 15) is 18.0 Å². The highest BCUT2D eigenvalue weighted by molar-refractivity contribution is 7.92. The predicted octanol–water partition coefficient (Wildman–Crippen LogP) is 4.34. The molecule has 3 N–H and O–H groups in total. The van der Waals surface area contributed by atoms with Crippen LogP contribution in [0, 0.1) is 5.92 Å². The first kappa shape index (κ1) is 23.7. The monoisotopic (exact) mass is 468 g/mol. The lowest BCUT2D eigenvalue weighted by atomic mass is 10.2. The van der Waals surface area contributed by atoms with Crippen LogP contribution in [0.3, 0.4) is 0 Å². The number of sulfonamides is 1. The molecule has 0 fully saturated rings. The van der Waals surface area contributed by atoms with Crippen molar-refractivity contribution in [2.24, 2.45) is 5.92 Å². The molecule has 0 spiro atoms. The molecule has 10 heteroatoms. The molecule has 33 heavy (non-hydrogen) atoms. The molecule has 9 nitrogen and oxygen atoms in total. The SMILES string of the molecule is CC(C)COC(=O)Nc1cccc(NC(=O)c2ccc(S(=O)(=O)Nc3ccncc3)cc2)c1. The number of aromatic nitrogens is 1. The van der Waals surface area contributed by atoms with Crippen LogP contribution >= 0.6 is 0 Å². The Morgan fingerprint density at radius 2 is 1.55 bits per heavy atom. The molecule has 0 atom stereocenters. The van der Waals surface area contributed by atoms with Crippen molar-refractivity contribution in [3.05, 3.63) is 78.6 Å². The summed E-state index contributed by atoms with van der Waals surface area (Å²) >= 11 is 0. The highest BCUT2D eigenvalue weighted by Crippen LogP contribution is 2.19. The Balaban J connectivity index is 1.63. The van der Waals surface area contributed by atoms with E-state index in [2.05, 4.69) is 20.3 Å². The Bertz CT molecular complexity index is 1210. The highest BCUT2D eigenvalue weighted by atomic mass is 32.2. The minimum atomic E-state index is -3.80. The molecule has 1 aromatic heterocycles. The molecule has 0 saturated carbocycles. The number of anilines is 3. The topological polar surface area (TPSA) is 126 Å². The minimum Gasteiger partial charge on any atom is -0.449 e. The maximum absolute atomic E-state index is 12.6. The molecular weight excluding hydrogens is 444 g/mol. The third-order valence-corrected chi connectivity index (χ3v) is 5.67. The van der Waals surface area contributed by atoms with Crippen molar-refractivity contribution in [2.45, 2.75) is 18.7 Å². The summed E-state index contributed by atoms with van der Waals surface area (Å²) in [6, 6.07) is 15.2. The smallest absolute Gasteiger partial charge is 0.411 e. The number of benzene rings is 2. The highest BCUT2D eigenvalue weighted by Gasteiger charge is 2.15. The van der Waals surface area contributed by atoms with Gasteiger partial charge in [0.15, 0.2) is 0 Å². The first-order chi connectivity index (χ1) is 15.7.